The van der Waals surface area contributed by atoms with Crippen LogP contribution in [0.1, 0.15) is 62.0 Å². The average Bonchev–Trinajstić information content (AvgIpc) is 3.60. The maximum Gasteiger partial charge on any atom is 0.245 e. The molecule has 0 bridgehead atoms. The molecule has 11 heteroatoms. The minimum atomic E-state index is -0.894. The van der Waals surface area contributed by atoms with E-state index in [1.807, 2.05) is 0 Å². The SMILES string of the molecule is CC(C)(C)CNc1c(C#N)cnc2c(N[C@@H](c3ccc(F)cc3)c3cn(C4(C(N)=O)CC4)nn3)cc(C#N)cc12. The molecule has 5 rings (SSSR count). The number of hydrogen-bond donors (Lipinski definition) is 3. The number of primary amides is 1. The molecule has 2 aromatic carbocycles. The van der Waals surface area contributed by atoms with Gasteiger partial charge in [-0.15, -0.1) is 5.10 Å². The number of benzene rings is 2. The Kier molecular flexibility index (Phi) is 6.60. The number of rotatable bonds is 8. The molecule has 0 aliphatic heterocycles. The molecule has 0 spiro atoms. The second kappa shape index (κ2) is 9.93. The number of carbonyl (C=O) groups is 1. The minimum Gasteiger partial charge on any atom is -0.383 e. The Morgan fingerprint density at radius 2 is 1.93 bits per heavy atom. The normalized spacial score (nSPS) is 14.7. The molecule has 4 aromatic rings. The number of nitrogens with one attached hydrogen (secondary N) is 2. The van der Waals surface area contributed by atoms with Gasteiger partial charge in [-0.1, -0.05) is 38.1 Å². The number of amides is 1. The van der Waals surface area contributed by atoms with E-state index >= 15 is 0 Å². The number of halogens is 1. The standard InChI is InChI=1S/C29H28FN9O/c1-28(2,3)16-35-24-19(13-32)14-34-26-21(24)10-17(12-31)11-22(26)36-25(18-4-6-20(30)7-5-18)23-15-39(38-37-23)29(8-9-29)27(33)40/h4-7,10-11,14-15,25,36H,8-9,16H2,1-3H3,(H2,33,40)(H,34,35)/t25-/m0/s1. The first-order valence-corrected chi connectivity index (χ1v) is 12.8. The molecule has 0 unspecified atom stereocenters. The van der Waals surface area contributed by atoms with Crippen LogP contribution in [0.25, 0.3) is 10.9 Å². The molecule has 1 atom stereocenters. The minimum absolute atomic E-state index is 0.0699. The molecular weight excluding hydrogens is 509 g/mol. The fourth-order valence-corrected chi connectivity index (χ4v) is 4.57. The van der Waals surface area contributed by atoms with Gasteiger partial charge in [-0.2, -0.15) is 10.5 Å². The third kappa shape index (κ3) is 5.02. The first-order valence-electron chi connectivity index (χ1n) is 12.8. The zero-order valence-electron chi connectivity index (χ0n) is 22.4. The summed E-state index contributed by atoms with van der Waals surface area (Å²) in [5, 5.41) is 35.6. The second-order valence-electron chi connectivity index (χ2n) is 11.2. The van der Waals surface area contributed by atoms with E-state index in [0.717, 1.165) is 0 Å². The molecule has 1 saturated carbocycles. The molecule has 1 fully saturated rings. The van der Waals surface area contributed by atoms with Crippen molar-refractivity contribution in [2.75, 3.05) is 17.2 Å². The third-order valence-electron chi connectivity index (χ3n) is 6.95. The molecule has 2 aromatic heterocycles. The molecule has 40 heavy (non-hydrogen) atoms. The van der Waals surface area contributed by atoms with E-state index in [-0.39, 0.29) is 5.41 Å². The molecule has 1 aliphatic carbocycles. The van der Waals surface area contributed by atoms with Crippen LogP contribution in [-0.4, -0.2) is 32.4 Å². The average molecular weight is 538 g/mol. The van der Waals surface area contributed by atoms with Gasteiger partial charge in [0.1, 0.15) is 23.1 Å². The summed E-state index contributed by atoms with van der Waals surface area (Å²) in [6.07, 6.45) is 4.30. The van der Waals surface area contributed by atoms with Gasteiger partial charge in [0.25, 0.3) is 0 Å². The van der Waals surface area contributed by atoms with E-state index in [0.29, 0.717) is 64.0 Å². The van der Waals surface area contributed by atoms with E-state index in [9.17, 15) is 19.7 Å². The van der Waals surface area contributed by atoms with Crippen molar-refractivity contribution < 1.29 is 9.18 Å². The fourth-order valence-electron chi connectivity index (χ4n) is 4.57. The highest BCUT2D eigenvalue weighted by Crippen LogP contribution is 2.43. The van der Waals surface area contributed by atoms with Crippen LogP contribution in [-0.2, 0) is 10.3 Å². The van der Waals surface area contributed by atoms with E-state index in [2.05, 4.69) is 58.8 Å². The lowest BCUT2D eigenvalue weighted by Crippen LogP contribution is -2.34. The molecule has 0 saturated heterocycles. The Balaban J connectivity index is 1.64. The summed E-state index contributed by atoms with van der Waals surface area (Å²) in [5.41, 5.74) is 8.16. The Morgan fingerprint density at radius 1 is 1.20 bits per heavy atom. The van der Waals surface area contributed by atoms with Crippen LogP contribution >= 0.6 is 0 Å². The van der Waals surface area contributed by atoms with Gasteiger partial charge in [0.2, 0.25) is 5.91 Å². The Labute approximate surface area is 230 Å². The number of carbonyl (C=O) groups excluding carboxylic acids is 1. The van der Waals surface area contributed by atoms with Crippen molar-refractivity contribution in [1.82, 2.24) is 20.0 Å². The summed E-state index contributed by atoms with van der Waals surface area (Å²) in [6.45, 7) is 6.82. The van der Waals surface area contributed by atoms with Gasteiger partial charge in [-0.05, 0) is 48.1 Å². The van der Waals surface area contributed by atoms with Crippen LogP contribution in [0.5, 0.6) is 0 Å². The maximum absolute atomic E-state index is 13.8. The monoisotopic (exact) mass is 537 g/mol. The van der Waals surface area contributed by atoms with E-state index in [1.165, 1.54) is 23.0 Å². The molecule has 4 N–H and O–H groups in total. The van der Waals surface area contributed by atoms with E-state index < -0.39 is 23.3 Å². The van der Waals surface area contributed by atoms with Crippen LogP contribution < -0.4 is 16.4 Å². The number of nitrogens with zero attached hydrogens (tertiary/aromatic N) is 6. The zero-order chi connectivity index (χ0) is 28.7. The van der Waals surface area contributed by atoms with Crippen molar-refractivity contribution >= 4 is 28.2 Å². The number of nitriles is 2. The molecule has 2 heterocycles. The maximum atomic E-state index is 13.8. The smallest absolute Gasteiger partial charge is 0.245 e. The van der Waals surface area contributed by atoms with Crippen LogP contribution in [0.15, 0.2) is 48.8 Å². The highest BCUT2D eigenvalue weighted by Gasteiger charge is 2.52. The number of aromatic nitrogens is 4. The summed E-state index contributed by atoms with van der Waals surface area (Å²) in [4.78, 5) is 16.7. The van der Waals surface area contributed by atoms with Gasteiger partial charge < -0.3 is 16.4 Å². The van der Waals surface area contributed by atoms with Crippen LogP contribution in [0, 0.1) is 33.9 Å². The predicted molar refractivity (Wildman–Crippen MR) is 147 cm³/mol. The molecule has 1 amide bonds. The number of fused-ring (bicyclic) bond motifs is 1. The zero-order valence-corrected chi connectivity index (χ0v) is 22.4. The molecule has 0 radical (unpaired) electrons. The first-order chi connectivity index (χ1) is 19.0. The summed E-state index contributed by atoms with van der Waals surface area (Å²) in [7, 11) is 0. The summed E-state index contributed by atoms with van der Waals surface area (Å²) >= 11 is 0. The lowest BCUT2D eigenvalue weighted by atomic mass is 9.96. The van der Waals surface area contributed by atoms with Gasteiger partial charge in [-0.3, -0.25) is 9.78 Å². The molecule has 1 aliphatic rings. The third-order valence-corrected chi connectivity index (χ3v) is 6.95. The fraction of sp³-hybridized carbons (Fsp3) is 0.310. The number of anilines is 2. The topological polar surface area (TPSA) is 158 Å². The Hall–Kier alpha value is -5.03. The largest absolute Gasteiger partial charge is 0.383 e. The van der Waals surface area contributed by atoms with Crippen molar-refractivity contribution in [3.05, 3.63) is 77.0 Å². The lowest BCUT2D eigenvalue weighted by molar-refractivity contribution is -0.122. The summed E-state index contributed by atoms with van der Waals surface area (Å²) in [5.74, 6) is -0.871. The van der Waals surface area contributed by atoms with E-state index in [1.54, 1.807) is 30.5 Å². The van der Waals surface area contributed by atoms with Crippen LogP contribution in [0.3, 0.4) is 0 Å². The summed E-state index contributed by atoms with van der Waals surface area (Å²) in [6, 6.07) is 13.0. The molecular formula is C29H28FN9O. The van der Waals surface area contributed by atoms with Gasteiger partial charge in [0.15, 0.2) is 0 Å². The van der Waals surface area contributed by atoms with Gasteiger partial charge in [-0.25, -0.2) is 9.07 Å². The van der Waals surface area contributed by atoms with Crippen LogP contribution in [0.4, 0.5) is 15.8 Å². The van der Waals surface area contributed by atoms with Crippen molar-refractivity contribution in [3.8, 4) is 12.1 Å². The number of nitrogens with two attached hydrogens (primary N) is 1. The van der Waals surface area contributed by atoms with Crippen molar-refractivity contribution in [1.29, 1.82) is 10.5 Å². The highest BCUT2D eigenvalue weighted by atomic mass is 19.1. The second-order valence-corrected chi connectivity index (χ2v) is 11.2. The van der Waals surface area contributed by atoms with Crippen molar-refractivity contribution in [2.45, 2.75) is 45.2 Å². The highest BCUT2D eigenvalue weighted by molar-refractivity contribution is 6.01. The summed E-state index contributed by atoms with van der Waals surface area (Å²) < 4.78 is 15.3. The quantitative estimate of drug-likeness (QED) is 0.299. The Bertz CT molecular complexity index is 1690. The lowest BCUT2D eigenvalue weighted by Gasteiger charge is -2.23. The van der Waals surface area contributed by atoms with Gasteiger partial charge >= 0.3 is 0 Å². The van der Waals surface area contributed by atoms with Gasteiger partial charge in [0.05, 0.1) is 46.3 Å². The van der Waals surface area contributed by atoms with Gasteiger partial charge in [0, 0.05) is 18.1 Å². The van der Waals surface area contributed by atoms with Crippen LogP contribution in [0.2, 0.25) is 0 Å². The predicted octanol–water partition coefficient (Wildman–Crippen LogP) is 4.34. The van der Waals surface area contributed by atoms with E-state index in [4.69, 9.17) is 5.73 Å². The Morgan fingerprint density at radius 3 is 2.52 bits per heavy atom. The molecule has 202 valence electrons. The first kappa shape index (κ1) is 26.6. The van der Waals surface area contributed by atoms with Crippen molar-refractivity contribution in [2.24, 2.45) is 11.1 Å². The van der Waals surface area contributed by atoms with Crippen molar-refractivity contribution in [3.63, 3.8) is 0 Å². The number of pyridine rings is 1. The molecule has 10 nitrogen and oxygen atoms in total. The number of hydrogen-bond acceptors (Lipinski definition) is 8.